The lowest BCUT2D eigenvalue weighted by Gasteiger charge is -2.40. The van der Waals surface area contributed by atoms with Crippen LogP contribution in [-0.4, -0.2) is 26.4 Å². The third-order valence-electron chi connectivity index (χ3n) is 3.62. The summed E-state index contributed by atoms with van der Waals surface area (Å²) in [4.78, 5) is 0. The van der Waals surface area contributed by atoms with Crippen LogP contribution in [0.1, 0.15) is 19.3 Å². The molecule has 0 unspecified atom stereocenters. The third-order valence-corrected chi connectivity index (χ3v) is 3.62. The zero-order valence-electron chi connectivity index (χ0n) is 10.8. The molecule has 0 aromatic heterocycles. The van der Waals surface area contributed by atoms with E-state index < -0.39 is 5.82 Å². The Labute approximate surface area is 106 Å². The van der Waals surface area contributed by atoms with Crippen LogP contribution in [0.2, 0.25) is 0 Å². The molecule has 0 atom stereocenters. The molecule has 1 aliphatic rings. The first-order valence-electron chi connectivity index (χ1n) is 6.02. The van der Waals surface area contributed by atoms with Crippen LogP contribution in [0, 0.1) is 5.82 Å². The Morgan fingerprint density at radius 1 is 1.39 bits per heavy atom. The molecule has 3 N–H and O–H groups in total. The number of ether oxygens (including phenoxy) is 2. The number of benzene rings is 1. The Kier molecular flexibility index (Phi) is 3.61. The van der Waals surface area contributed by atoms with Crippen LogP contribution in [0.3, 0.4) is 0 Å². The summed E-state index contributed by atoms with van der Waals surface area (Å²) >= 11 is 0. The molecule has 0 radical (unpaired) electrons. The highest BCUT2D eigenvalue weighted by atomic mass is 19.1. The molecule has 1 aromatic carbocycles. The molecule has 0 bridgehead atoms. The number of methoxy groups -OCH3 is 2. The molecule has 0 saturated heterocycles. The van der Waals surface area contributed by atoms with Crippen molar-refractivity contribution in [3.05, 3.63) is 17.9 Å². The van der Waals surface area contributed by atoms with E-state index in [0.29, 0.717) is 17.9 Å². The average Bonchev–Trinajstić information content (AvgIpc) is 2.30. The highest BCUT2D eigenvalue weighted by Gasteiger charge is 2.36. The first kappa shape index (κ1) is 13.0. The standard InChI is InChI=1S/C13H19FN2O2/c1-17-12-7-11(10(15)6-9(12)14)16-8-13(18-2)4-3-5-13/h6-7,16H,3-5,8,15H2,1-2H3. The van der Waals surface area contributed by atoms with E-state index in [1.807, 2.05) is 0 Å². The fourth-order valence-electron chi connectivity index (χ4n) is 2.16. The second-order valence-electron chi connectivity index (χ2n) is 4.67. The molecular formula is C13H19FN2O2. The normalized spacial score (nSPS) is 17.1. The van der Waals surface area contributed by atoms with E-state index in [1.54, 1.807) is 13.2 Å². The minimum atomic E-state index is -0.453. The predicted molar refractivity (Wildman–Crippen MR) is 69.4 cm³/mol. The lowest BCUT2D eigenvalue weighted by Crippen LogP contribution is -2.45. The SMILES string of the molecule is COc1cc(NCC2(OC)CCC2)c(N)cc1F. The van der Waals surface area contributed by atoms with E-state index in [9.17, 15) is 4.39 Å². The summed E-state index contributed by atoms with van der Waals surface area (Å²) in [5.41, 5.74) is 6.72. The van der Waals surface area contributed by atoms with Crippen molar-refractivity contribution in [2.45, 2.75) is 24.9 Å². The molecule has 0 aliphatic heterocycles. The van der Waals surface area contributed by atoms with Gasteiger partial charge in [0.25, 0.3) is 0 Å². The molecule has 1 saturated carbocycles. The van der Waals surface area contributed by atoms with Crippen molar-refractivity contribution in [3.8, 4) is 5.75 Å². The molecule has 1 aliphatic carbocycles. The van der Waals surface area contributed by atoms with Gasteiger partial charge in [-0.15, -0.1) is 0 Å². The van der Waals surface area contributed by atoms with E-state index in [0.717, 1.165) is 12.8 Å². The lowest BCUT2D eigenvalue weighted by atomic mass is 9.80. The summed E-state index contributed by atoms with van der Waals surface area (Å²) in [6, 6.07) is 2.84. The highest BCUT2D eigenvalue weighted by Crippen LogP contribution is 2.36. The molecule has 0 heterocycles. The van der Waals surface area contributed by atoms with E-state index in [1.165, 1.54) is 19.6 Å². The molecule has 2 rings (SSSR count). The second kappa shape index (κ2) is 5.02. The maximum atomic E-state index is 13.4. The molecule has 18 heavy (non-hydrogen) atoms. The van der Waals surface area contributed by atoms with Crippen LogP contribution in [0.15, 0.2) is 12.1 Å². The van der Waals surface area contributed by atoms with Crippen molar-refractivity contribution in [1.29, 1.82) is 0 Å². The Balaban J connectivity index is 2.09. The fraction of sp³-hybridized carbons (Fsp3) is 0.538. The summed E-state index contributed by atoms with van der Waals surface area (Å²) in [6.45, 7) is 0.669. The van der Waals surface area contributed by atoms with Crippen LogP contribution in [0.4, 0.5) is 15.8 Å². The summed E-state index contributed by atoms with van der Waals surface area (Å²) in [6.07, 6.45) is 3.25. The molecule has 4 nitrogen and oxygen atoms in total. The molecule has 1 fully saturated rings. The zero-order valence-corrected chi connectivity index (χ0v) is 10.8. The first-order chi connectivity index (χ1) is 8.60. The van der Waals surface area contributed by atoms with E-state index in [2.05, 4.69) is 5.32 Å². The second-order valence-corrected chi connectivity index (χ2v) is 4.67. The van der Waals surface area contributed by atoms with Gasteiger partial charge in [-0.3, -0.25) is 0 Å². The van der Waals surface area contributed by atoms with Crippen molar-refractivity contribution in [2.75, 3.05) is 31.8 Å². The number of rotatable bonds is 5. The molecule has 0 spiro atoms. The van der Waals surface area contributed by atoms with Crippen molar-refractivity contribution in [1.82, 2.24) is 0 Å². The van der Waals surface area contributed by atoms with Crippen LogP contribution >= 0.6 is 0 Å². The number of anilines is 2. The topological polar surface area (TPSA) is 56.5 Å². The van der Waals surface area contributed by atoms with Crippen LogP contribution in [0.5, 0.6) is 5.75 Å². The number of nitrogens with two attached hydrogens (primary N) is 1. The van der Waals surface area contributed by atoms with Gasteiger partial charge >= 0.3 is 0 Å². The molecule has 5 heteroatoms. The summed E-state index contributed by atoms with van der Waals surface area (Å²) < 4.78 is 23.8. The van der Waals surface area contributed by atoms with Gasteiger partial charge in [-0.1, -0.05) is 0 Å². The van der Waals surface area contributed by atoms with Crippen molar-refractivity contribution in [3.63, 3.8) is 0 Å². The van der Waals surface area contributed by atoms with Crippen molar-refractivity contribution < 1.29 is 13.9 Å². The number of halogens is 1. The van der Waals surface area contributed by atoms with Gasteiger partial charge in [0.05, 0.1) is 24.1 Å². The van der Waals surface area contributed by atoms with Gasteiger partial charge in [0.2, 0.25) is 0 Å². The molecular weight excluding hydrogens is 235 g/mol. The van der Waals surface area contributed by atoms with E-state index in [-0.39, 0.29) is 11.4 Å². The molecule has 1 aromatic rings. The summed E-state index contributed by atoms with van der Waals surface area (Å²) in [5, 5.41) is 3.21. The van der Waals surface area contributed by atoms with Gasteiger partial charge in [0, 0.05) is 25.8 Å². The monoisotopic (exact) mass is 254 g/mol. The summed E-state index contributed by atoms with van der Waals surface area (Å²) in [5.74, 6) is -0.266. The van der Waals surface area contributed by atoms with Crippen LogP contribution in [0.25, 0.3) is 0 Å². The van der Waals surface area contributed by atoms with Gasteiger partial charge in [-0.2, -0.15) is 0 Å². The lowest BCUT2D eigenvalue weighted by molar-refractivity contribution is -0.0601. The number of nitrogen functional groups attached to an aromatic ring is 1. The maximum Gasteiger partial charge on any atom is 0.167 e. The number of hydrogen-bond acceptors (Lipinski definition) is 4. The molecule has 0 amide bonds. The number of hydrogen-bond donors (Lipinski definition) is 2. The van der Waals surface area contributed by atoms with Crippen LogP contribution in [-0.2, 0) is 4.74 Å². The Morgan fingerprint density at radius 3 is 2.61 bits per heavy atom. The van der Waals surface area contributed by atoms with Crippen molar-refractivity contribution >= 4 is 11.4 Å². The predicted octanol–water partition coefficient (Wildman–Crippen LogP) is 2.40. The quantitative estimate of drug-likeness (QED) is 0.792. The summed E-state index contributed by atoms with van der Waals surface area (Å²) in [7, 11) is 3.15. The average molecular weight is 254 g/mol. The van der Waals surface area contributed by atoms with Gasteiger partial charge in [-0.05, 0) is 19.3 Å². The Bertz CT molecular complexity index is 428. The molecule has 100 valence electrons. The van der Waals surface area contributed by atoms with Gasteiger partial charge in [0.1, 0.15) is 0 Å². The smallest absolute Gasteiger partial charge is 0.167 e. The zero-order chi connectivity index (χ0) is 13.2. The third kappa shape index (κ3) is 2.36. The highest BCUT2D eigenvalue weighted by molar-refractivity contribution is 5.68. The number of nitrogens with one attached hydrogen (secondary N) is 1. The van der Waals surface area contributed by atoms with Crippen LogP contribution < -0.4 is 15.8 Å². The van der Waals surface area contributed by atoms with Gasteiger partial charge in [-0.25, -0.2) is 4.39 Å². The first-order valence-corrected chi connectivity index (χ1v) is 6.02. The Morgan fingerprint density at radius 2 is 2.11 bits per heavy atom. The van der Waals surface area contributed by atoms with Crippen molar-refractivity contribution in [2.24, 2.45) is 0 Å². The Hall–Kier alpha value is -1.49. The minimum absolute atomic E-state index is 0.103. The van der Waals surface area contributed by atoms with Gasteiger partial charge < -0.3 is 20.5 Å². The largest absolute Gasteiger partial charge is 0.494 e. The maximum absolute atomic E-state index is 13.4. The van der Waals surface area contributed by atoms with E-state index >= 15 is 0 Å². The van der Waals surface area contributed by atoms with E-state index in [4.69, 9.17) is 15.2 Å². The fourth-order valence-corrected chi connectivity index (χ4v) is 2.16. The van der Waals surface area contributed by atoms with Gasteiger partial charge in [0.15, 0.2) is 11.6 Å². The minimum Gasteiger partial charge on any atom is -0.494 e.